The molecule has 1 heterocycles. The van der Waals surface area contributed by atoms with E-state index in [2.05, 4.69) is 17.2 Å². The van der Waals surface area contributed by atoms with Gasteiger partial charge in [0, 0.05) is 5.02 Å². The van der Waals surface area contributed by atoms with E-state index in [-0.39, 0.29) is 11.2 Å². The van der Waals surface area contributed by atoms with Gasteiger partial charge in [0.15, 0.2) is 5.13 Å². The van der Waals surface area contributed by atoms with Crippen LogP contribution in [0.5, 0.6) is 0 Å². The van der Waals surface area contributed by atoms with Gasteiger partial charge in [-0.25, -0.2) is 4.98 Å². The second kappa shape index (κ2) is 7.29. The lowest BCUT2D eigenvalue weighted by molar-refractivity contribution is -0.115. The van der Waals surface area contributed by atoms with E-state index in [1.165, 1.54) is 11.3 Å². The third-order valence-electron chi connectivity index (χ3n) is 2.82. The fraction of sp³-hybridized carbons (Fsp3) is 0.429. The SMILES string of the molecule is CCCCSC(C)C(=O)Nc1nc2ccc(Cl)cc2s1. The van der Waals surface area contributed by atoms with Gasteiger partial charge in [0.25, 0.3) is 0 Å². The largest absolute Gasteiger partial charge is 0.301 e. The Hall–Kier alpha value is -0.780. The summed E-state index contributed by atoms with van der Waals surface area (Å²) in [5.41, 5.74) is 0.862. The first kappa shape index (κ1) is 15.6. The van der Waals surface area contributed by atoms with E-state index in [1.54, 1.807) is 17.8 Å². The Labute approximate surface area is 132 Å². The van der Waals surface area contributed by atoms with Crippen LogP contribution in [-0.4, -0.2) is 21.9 Å². The Bertz CT molecular complexity index is 600. The molecular formula is C14H17ClN2OS2. The number of thioether (sulfide) groups is 1. The summed E-state index contributed by atoms with van der Waals surface area (Å²) in [6.07, 6.45) is 2.29. The summed E-state index contributed by atoms with van der Waals surface area (Å²) in [7, 11) is 0. The van der Waals surface area contributed by atoms with Crippen molar-refractivity contribution >= 4 is 56.0 Å². The molecule has 1 amide bonds. The topological polar surface area (TPSA) is 42.0 Å². The van der Waals surface area contributed by atoms with Gasteiger partial charge < -0.3 is 5.32 Å². The molecule has 1 aromatic carbocycles. The molecule has 0 bridgehead atoms. The molecule has 1 aromatic heterocycles. The van der Waals surface area contributed by atoms with Crippen molar-refractivity contribution in [3.63, 3.8) is 0 Å². The van der Waals surface area contributed by atoms with Crippen LogP contribution in [0.2, 0.25) is 5.02 Å². The number of nitrogens with one attached hydrogen (secondary N) is 1. The quantitative estimate of drug-likeness (QED) is 0.774. The number of carbonyl (C=O) groups excluding carboxylic acids is 1. The molecule has 0 radical (unpaired) electrons. The molecule has 1 unspecified atom stereocenters. The second-order valence-corrected chi connectivity index (χ2v) is 7.40. The molecule has 20 heavy (non-hydrogen) atoms. The number of halogens is 1. The maximum Gasteiger partial charge on any atom is 0.238 e. The van der Waals surface area contributed by atoms with Gasteiger partial charge in [-0.3, -0.25) is 4.79 Å². The summed E-state index contributed by atoms with van der Waals surface area (Å²) in [6.45, 7) is 4.08. The van der Waals surface area contributed by atoms with Crippen molar-refractivity contribution in [2.24, 2.45) is 0 Å². The lowest BCUT2D eigenvalue weighted by Crippen LogP contribution is -2.22. The molecule has 2 rings (SSSR count). The number of carbonyl (C=O) groups is 1. The zero-order valence-corrected chi connectivity index (χ0v) is 13.9. The van der Waals surface area contributed by atoms with Gasteiger partial charge in [-0.05, 0) is 37.3 Å². The number of unbranched alkanes of at least 4 members (excludes halogenated alkanes) is 1. The van der Waals surface area contributed by atoms with Gasteiger partial charge in [0.05, 0.1) is 15.5 Å². The fourth-order valence-electron chi connectivity index (χ4n) is 1.64. The maximum atomic E-state index is 12.1. The Balaban J connectivity index is 1.98. The van der Waals surface area contributed by atoms with Crippen molar-refractivity contribution in [2.45, 2.75) is 31.9 Å². The first-order valence-corrected chi connectivity index (χ1v) is 8.83. The van der Waals surface area contributed by atoms with Crippen molar-refractivity contribution in [3.8, 4) is 0 Å². The van der Waals surface area contributed by atoms with Crippen molar-refractivity contribution in [1.82, 2.24) is 4.98 Å². The number of anilines is 1. The predicted octanol–water partition coefficient (Wildman–Crippen LogP) is 4.81. The van der Waals surface area contributed by atoms with Crippen LogP contribution in [-0.2, 0) is 4.79 Å². The van der Waals surface area contributed by atoms with Gasteiger partial charge in [-0.15, -0.1) is 11.8 Å². The minimum Gasteiger partial charge on any atom is -0.301 e. The average molecular weight is 329 g/mol. The highest BCUT2D eigenvalue weighted by molar-refractivity contribution is 8.00. The van der Waals surface area contributed by atoms with E-state index >= 15 is 0 Å². The Morgan fingerprint density at radius 3 is 3.10 bits per heavy atom. The summed E-state index contributed by atoms with van der Waals surface area (Å²) in [5.74, 6) is 1.02. The first-order valence-electron chi connectivity index (χ1n) is 6.58. The molecule has 3 nitrogen and oxygen atoms in total. The minimum absolute atomic E-state index is 0.0104. The van der Waals surface area contributed by atoms with Crippen LogP contribution in [0.15, 0.2) is 18.2 Å². The molecule has 108 valence electrons. The van der Waals surface area contributed by atoms with Gasteiger partial charge >= 0.3 is 0 Å². The molecule has 6 heteroatoms. The minimum atomic E-state index is -0.0582. The summed E-state index contributed by atoms with van der Waals surface area (Å²) < 4.78 is 0.985. The van der Waals surface area contributed by atoms with Crippen LogP contribution in [0, 0.1) is 0 Å². The van der Waals surface area contributed by atoms with Gasteiger partial charge in [-0.1, -0.05) is 36.3 Å². The van der Waals surface area contributed by atoms with E-state index in [0.717, 1.165) is 28.8 Å². The third kappa shape index (κ3) is 4.11. The van der Waals surface area contributed by atoms with Crippen molar-refractivity contribution < 1.29 is 4.79 Å². The normalized spacial score (nSPS) is 12.6. The molecule has 0 aliphatic carbocycles. The predicted molar refractivity (Wildman–Crippen MR) is 90.1 cm³/mol. The lowest BCUT2D eigenvalue weighted by Gasteiger charge is -2.09. The number of hydrogen-bond donors (Lipinski definition) is 1. The summed E-state index contributed by atoms with van der Waals surface area (Å²) in [4.78, 5) is 16.5. The van der Waals surface area contributed by atoms with Crippen molar-refractivity contribution in [3.05, 3.63) is 23.2 Å². The second-order valence-electron chi connectivity index (χ2n) is 4.49. The van der Waals surface area contributed by atoms with Crippen molar-refractivity contribution in [2.75, 3.05) is 11.1 Å². The molecular weight excluding hydrogens is 312 g/mol. The number of hydrogen-bond acceptors (Lipinski definition) is 4. The van der Waals surface area contributed by atoms with E-state index in [9.17, 15) is 4.79 Å². The van der Waals surface area contributed by atoms with Crippen LogP contribution in [0.1, 0.15) is 26.7 Å². The third-order valence-corrected chi connectivity index (χ3v) is 5.22. The molecule has 0 saturated carbocycles. The highest BCUT2D eigenvalue weighted by Crippen LogP contribution is 2.28. The first-order chi connectivity index (χ1) is 9.60. The lowest BCUT2D eigenvalue weighted by atomic mass is 10.3. The van der Waals surface area contributed by atoms with Crippen molar-refractivity contribution in [1.29, 1.82) is 0 Å². The molecule has 0 aliphatic heterocycles. The van der Waals surface area contributed by atoms with E-state index in [1.807, 2.05) is 19.1 Å². The summed E-state index contributed by atoms with van der Waals surface area (Å²) in [6, 6.07) is 5.53. The maximum absolute atomic E-state index is 12.1. The van der Waals surface area contributed by atoms with Crippen LogP contribution in [0.4, 0.5) is 5.13 Å². The summed E-state index contributed by atoms with van der Waals surface area (Å²) >= 11 is 9.07. The van der Waals surface area contributed by atoms with E-state index < -0.39 is 0 Å². The number of rotatable bonds is 6. The molecule has 1 N–H and O–H groups in total. The highest BCUT2D eigenvalue weighted by atomic mass is 35.5. The Morgan fingerprint density at radius 1 is 1.55 bits per heavy atom. The number of fused-ring (bicyclic) bond motifs is 1. The average Bonchev–Trinajstić information content (AvgIpc) is 2.80. The molecule has 0 aliphatic rings. The number of amides is 1. The fourth-order valence-corrected chi connectivity index (χ4v) is 3.80. The van der Waals surface area contributed by atoms with Crippen LogP contribution in [0.3, 0.4) is 0 Å². The number of thiazole rings is 1. The summed E-state index contributed by atoms with van der Waals surface area (Å²) in [5, 5.41) is 4.14. The molecule has 0 spiro atoms. The van der Waals surface area contributed by atoms with Crippen LogP contribution >= 0.6 is 34.7 Å². The van der Waals surface area contributed by atoms with E-state index in [0.29, 0.717) is 10.2 Å². The van der Waals surface area contributed by atoms with Gasteiger partial charge in [-0.2, -0.15) is 0 Å². The highest BCUT2D eigenvalue weighted by Gasteiger charge is 2.15. The van der Waals surface area contributed by atoms with Gasteiger partial charge in [0.1, 0.15) is 0 Å². The van der Waals surface area contributed by atoms with Crippen LogP contribution in [0.25, 0.3) is 10.2 Å². The Morgan fingerprint density at radius 2 is 2.35 bits per heavy atom. The standard InChI is InChI=1S/C14H17ClN2OS2/c1-3-4-7-19-9(2)13(18)17-14-16-11-6-5-10(15)8-12(11)20-14/h5-6,8-9H,3-4,7H2,1-2H3,(H,16,17,18). The number of benzene rings is 1. The molecule has 0 saturated heterocycles. The zero-order valence-electron chi connectivity index (χ0n) is 11.5. The monoisotopic (exact) mass is 328 g/mol. The molecule has 1 atom stereocenters. The number of aromatic nitrogens is 1. The van der Waals surface area contributed by atoms with Gasteiger partial charge in [0.2, 0.25) is 5.91 Å². The smallest absolute Gasteiger partial charge is 0.238 e. The Kier molecular flexibility index (Phi) is 5.69. The van der Waals surface area contributed by atoms with E-state index in [4.69, 9.17) is 11.6 Å². The zero-order chi connectivity index (χ0) is 14.5. The number of nitrogens with zero attached hydrogens (tertiary/aromatic N) is 1. The van der Waals surface area contributed by atoms with Crippen LogP contribution < -0.4 is 5.32 Å². The molecule has 2 aromatic rings. The molecule has 0 fully saturated rings.